The second kappa shape index (κ2) is 7.47. The fourth-order valence-electron chi connectivity index (χ4n) is 1.74. The summed E-state index contributed by atoms with van der Waals surface area (Å²) < 4.78 is 5.60. The summed E-state index contributed by atoms with van der Waals surface area (Å²) in [5.41, 5.74) is 0. The summed E-state index contributed by atoms with van der Waals surface area (Å²) in [4.78, 5) is 0. The van der Waals surface area contributed by atoms with E-state index in [9.17, 15) is 0 Å². The van der Waals surface area contributed by atoms with E-state index in [1.807, 2.05) is 12.1 Å². The van der Waals surface area contributed by atoms with Gasteiger partial charge >= 0.3 is 0 Å². The third-order valence-corrected chi connectivity index (χ3v) is 2.91. The van der Waals surface area contributed by atoms with Crippen molar-refractivity contribution in [2.75, 3.05) is 13.2 Å². The first-order chi connectivity index (χ1) is 7.80. The molecule has 0 aromatic carbocycles. The highest BCUT2D eigenvalue weighted by Gasteiger charge is 2.05. The highest BCUT2D eigenvalue weighted by atomic mass is 16.3. The van der Waals surface area contributed by atoms with Gasteiger partial charge in [0.15, 0.2) is 0 Å². The van der Waals surface area contributed by atoms with Crippen molar-refractivity contribution in [1.29, 1.82) is 0 Å². The molecule has 1 atom stereocenters. The average molecular weight is 225 g/mol. The van der Waals surface area contributed by atoms with Crippen LogP contribution in [0.3, 0.4) is 0 Å². The Balaban J connectivity index is 2.23. The van der Waals surface area contributed by atoms with Gasteiger partial charge in [-0.15, -0.1) is 0 Å². The molecule has 16 heavy (non-hydrogen) atoms. The van der Waals surface area contributed by atoms with E-state index >= 15 is 0 Å². The molecular weight excluding hydrogens is 202 g/mol. The summed E-state index contributed by atoms with van der Waals surface area (Å²) in [6, 6.07) is 4.06. The molecule has 3 heteroatoms. The Bertz CT molecular complexity index is 283. The molecule has 0 aliphatic heterocycles. The predicted molar refractivity (Wildman–Crippen MR) is 65.3 cm³/mol. The van der Waals surface area contributed by atoms with Crippen LogP contribution < -0.4 is 5.32 Å². The van der Waals surface area contributed by atoms with Crippen molar-refractivity contribution in [2.24, 2.45) is 5.92 Å². The summed E-state index contributed by atoms with van der Waals surface area (Å²) >= 11 is 0. The lowest BCUT2D eigenvalue weighted by atomic mass is 10.0. The molecule has 1 aromatic rings. The predicted octanol–water partition coefficient (Wildman–Crippen LogP) is 2.34. The van der Waals surface area contributed by atoms with Gasteiger partial charge in [-0.1, -0.05) is 20.3 Å². The number of hydrogen-bond acceptors (Lipinski definition) is 3. The lowest BCUT2D eigenvalue weighted by molar-refractivity contribution is 0.250. The Morgan fingerprint density at radius 3 is 2.62 bits per heavy atom. The van der Waals surface area contributed by atoms with Crippen LogP contribution in [0, 0.1) is 5.92 Å². The van der Waals surface area contributed by atoms with Crippen LogP contribution in [-0.4, -0.2) is 18.3 Å². The number of furan rings is 1. The average Bonchev–Trinajstić information content (AvgIpc) is 2.76. The van der Waals surface area contributed by atoms with Crippen LogP contribution in [0.4, 0.5) is 0 Å². The molecule has 1 aromatic heterocycles. The summed E-state index contributed by atoms with van der Waals surface area (Å²) in [5, 5.41) is 12.2. The molecule has 1 rings (SSSR count). The Kier molecular flexibility index (Phi) is 6.19. The summed E-state index contributed by atoms with van der Waals surface area (Å²) in [6.45, 7) is 6.25. The minimum absolute atomic E-state index is 0.279. The van der Waals surface area contributed by atoms with Crippen molar-refractivity contribution in [3.05, 3.63) is 23.7 Å². The normalized spacial score (nSPS) is 12.9. The number of aryl methyl sites for hydroxylation is 1. The van der Waals surface area contributed by atoms with Gasteiger partial charge in [-0.05, 0) is 31.0 Å². The fourth-order valence-corrected chi connectivity index (χ4v) is 1.74. The van der Waals surface area contributed by atoms with Crippen molar-refractivity contribution < 1.29 is 9.52 Å². The van der Waals surface area contributed by atoms with Gasteiger partial charge in [0.2, 0.25) is 0 Å². The van der Waals surface area contributed by atoms with E-state index in [4.69, 9.17) is 9.52 Å². The first-order valence-electron chi connectivity index (χ1n) is 6.19. The number of rotatable bonds is 8. The minimum Gasteiger partial charge on any atom is -0.465 e. The Morgan fingerprint density at radius 1 is 1.31 bits per heavy atom. The standard InChI is InChI=1S/C13H23NO2/c1-3-11(7-8-15)9-14-10-13-6-5-12(4-2)16-13/h5-6,11,14-15H,3-4,7-10H2,1-2H3. The van der Waals surface area contributed by atoms with Gasteiger partial charge in [0.25, 0.3) is 0 Å². The highest BCUT2D eigenvalue weighted by molar-refractivity contribution is 5.06. The Labute approximate surface area is 97.9 Å². The summed E-state index contributed by atoms with van der Waals surface area (Å²) in [7, 11) is 0. The Morgan fingerprint density at radius 2 is 2.06 bits per heavy atom. The maximum Gasteiger partial charge on any atom is 0.117 e. The van der Waals surface area contributed by atoms with E-state index in [1.165, 1.54) is 0 Å². The van der Waals surface area contributed by atoms with Gasteiger partial charge in [-0.3, -0.25) is 0 Å². The molecule has 1 heterocycles. The molecule has 0 radical (unpaired) electrons. The van der Waals surface area contributed by atoms with E-state index in [0.717, 1.165) is 43.9 Å². The van der Waals surface area contributed by atoms with Crippen LogP contribution in [0.1, 0.15) is 38.2 Å². The maximum absolute atomic E-state index is 8.87. The van der Waals surface area contributed by atoms with E-state index < -0.39 is 0 Å². The van der Waals surface area contributed by atoms with Gasteiger partial charge in [-0.25, -0.2) is 0 Å². The molecule has 0 bridgehead atoms. The molecule has 0 aliphatic rings. The maximum atomic E-state index is 8.87. The molecule has 0 amide bonds. The largest absolute Gasteiger partial charge is 0.465 e. The zero-order valence-corrected chi connectivity index (χ0v) is 10.3. The van der Waals surface area contributed by atoms with Crippen molar-refractivity contribution in [2.45, 2.75) is 39.7 Å². The van der Waals surface area contributed by atoms with Crippen LogP contribution in [0.25, 0.3) is 0 Å². The van der Waals surface area contributed by atoms with E-state index in [1.54, 1.807) is 0 Å². The smallest absolute Gasteiger partial charge is 0.117 e. The van der Waals surface area contributed by atoms with Crippen LogP contribution >= 0.6 is 0 Å². The van der Waals surface area contributed by atoms with Crippen LogP contribution in [0.2, 0.25) is 0 Å². The molecule has 0 saturated heterocycles. The lowest BCUT2D eigenvalue weighted by Crippen LogP contribution is -2.22. The van der Waals surface area contributed by atoms with Crippen LogP contribution in [0.15, 0.2) is 16.5 Å². The summed E-state index contributed by atoms with van der Waals surface area (Å²) in [5.74, 6) is 2.60. The number of aliphatic hydroxyl groups excluding tert-OH is 1. The summed E-state index contributed by atoms with van der Waals surface area (Å²) in [6.07, 6.45) is 2.93. The quantitative estimate of drug-likeness (QED) is 0.714. The molecule has 0 spiro atoms. The van der Waals surface area contributed by atoms with Crippen molar-refractivity contribution in [3.63, 3.8) is 0 Å². The zero-order chi connectivity index (χ0) is 11.8. The molecule has 1 unspecified atom stereocenters. The second-order valence-corrected chi connectivity index (χ2v) is 4.14. The second-order valence-electron chi connectivity index (χ2n) is 4.14. The van der Waals surface area contributed by atoms with Crippen LogP contribution in [0.5, 0.6) is 0 Å². The molecule has 0 aliphatic carbocycles. The molecular formula is C13H23NO2. The molecule has 0 fully saturated rings. The molecule has 3 nitrogen and oxygen atoms in total. The van der Waals surface area contributed by atoms with Crippen molar-refractivity contribution in [1.82, 2.24) is 5.32 Å². The van der Waals surface area contributed by atoms with Gasteiger partial charge in [-0.2, -0.15) is 0 Å². The van der Waals surface area contributed by atoms with Gasteiger partial charge in [0.05, 0.1) is 6.54 Å². The fraction of sp³-hybridized carbons (Fsp3) is 0.692. The number of nitrogens with one attached hydrogen (secondary N) is 1. The van der Waals surface area contributed by atoms with Gasteiger partial charge in [0, 0.05) is 13.0 Å². The monoisotopic (exact) mass is 225 g/mol. The third-order valence-electron chi connectivity index (χ3n) is 2.91. The van der Waals surface area contributed by atoms with E-state index in [0.29, 0.717) is 5.92 Å². The third kappa shape index (κ3) is 4.37. The molecule has 92 valence electrons. The molecule has 0 saturated carbocycles. The van der Waals surface area contributed by atoms with Crippen molar-refractivity contribution in [3.8, 4) is 0 Å². The lowest BCUT2D eigenvalue weighted by Gasteiger charge is -2.13. The SMILES string of the molecule is CCc1ccc(CNCC(CC)CCO)o1. The van der Waals surface area contributed by atoms with Gasteiger partial charge in [0.1, 0.15) is 11.5 Å². The van der Waals surface area contributed by atoms with E-state index in [-0.39, 0.29) is 6.61 Å². The first kappa shape index (κ1) is 13.3. The minimum atomic E-state index is 0.279. The van der Waals surface area contributed by atoms with Crippen molar-refractivity contribution >= 4 is 0 Å². The Hall–Kier alpha value is -0.800. The van der Waals surface area contributed by atoms with E-state index in [2.05, 4.69) is 19.2 Å². The first-order valence-corrected chi connectivity index (χ1v) is 6.19. The number of hydrogen-bond donors (Lipinski definition) is 2. The molecule has 2 N–H and O–H groups in total. The highest BCUT2D eigenvalue weighted by Crippen LogP contribution is 2.09. The topological polar surface area (TPSA) is 45.4 Å². The van der Waals surface area contributed by atoms with Crippen LogP contribution in [-0.2, 0) is 13.0 Å². The zero-order valence-electron chi connectivity index (χ0n) is 10.3. The number of aliphatic hydroxyl groups is 1. The van der Waals surface area contributed by atoms with Gasteiger partial charge < -0.3 is 14.8 Å².